The van der Waals surface area contributed by atoms with E-state index in [1.807, 2.05) is 18.3 Å². The number of nitrogens with zero attached hydrogens (tertiary/aromatic N) is 2. The van der Waals surface area contributed by atoms with Gasteiger partial charge in [-0.15, -0.1) is 0 Å². The second-order valence-corrected chi connectivity index (χ2v) is 3.53. The molecule has 1 aromatic rings. The standard InChI is InChI=1S/C10H15N3O/c11-14-8-9-3-4-10(12-7-9)13-5-1-2-6-13/h3-4,7H,1-2,5-6,8,11H2. The molecule has 2 rings (SSSR count). The molecule has 0 radical (unpaired) electrons. The molecule has 2 N–H and O–H groups in total. The molecular formula is C10H15N3O. The second-order valence-electron chi connectivity index (χ2n) is 3.53. The molecule has 4 nitrogen and oxygen atoms in total. The number of hydrogen-bond donors (Lipinski definition) is 1. The lowest BCUT2D eigenvalue weighted by molar-refractivity contribution is 0.124. The van der Waals surface area contributed by atoms with Crippen LogP contribution < -0.4 is 10.8 Å². The number of anilines is 1. The van der Waals surface area contributed by atoms with E-state index in [4.69, 9.17) is 5.90 Å². The van der Waals surface area contributed by atoms with Gasteiger partial charge >= 0.3 is 0 Å². The smallest absolute Gasteiger partial charge is 0.128 e. The van der Waals surface area contributed by atoms with Gasteiger partial charge in [0.05, 0.1) is 6.61 Å². The van der Waals surface area contributed by atoms with Gasteiger partial charge in [0.2, 0.25) is 0 Å². The molecule has 0 saturated carbocycles. The van der Waals surface area contributed by atoms with E-state index >= 15 is 0 Å². The third kappa shape index (κ3) is 2.02. The molecule has 0 spiro atoms. The van der Waals surface area contributed by atoms with Crippen LogP contribution >= 0.6 is 0 Å². The molecule has 1 aliphatic heterocycles. The van der Waals surface area contributed by atoms with E-state index in [2.05, 4.69) is 14.7 Å². The first-order chi connectivity index (χ1) is 6.90. The van der Waals surface area contributed by atoms with E-state index in [9.17, 15) is 0 Å². The number of pyridine rings is 1. The highest BCUT2D eigenvalue weighted by Crippen LogP contribution is 2.17. The first-order valence-electron chi connectivity index (χ1n) is 4.92. The first kappa shape index (κ1) is 9.43. The summed E-state index contributed by atoms with van der Waals surface area (Å²) >= 11 is 0. The van der Waals surface area contributed by atoms with Crippen LogP contribution in [0.15, 0.2) is 18.3 Å². The lowest BCUT2D eigenvalue weighted by Gasteiger charge is -2.15. The Morgan fingerprint density at radius 1 is 1.36 bits per heavy atom. The molecule has 14 heavy (non-hydrogen) atoms. The van der Waals surface area contributed by atoms with Crippen molar-refractivity contribution >= 4 is 5.82 Å². The molecule has 2 heterocycles. The minimum Gasteiger partial charge on any atom is -0.357 e. The first-order valence-corrected chi connectivity index (χ1v) is 4.92. The van der Waals surface area contributed by atoms with Gasteiger partial charge in [0.25, 0.3) is 0 Å². The Morgan fingerprint density at radius 3 is 2.71 bits per heavy atom. The summed E-state index contributed by atoms with van der Waals surface area (Å²) < 4.78 is 0. The highest BCUT2D eigenvalue weighted by molar-refractivity contribution is 5.39. The fourth-order valence-corrected chi connectivity index (χ4v) is 1.73. The van der Waals surface area contributed by atoms with Gasteiger partial charge in [-0.1, -0.05) is 6.07 Å². The third-order valence-electron chi connectivity index (χ3n) is 2.49. The van der Waals surface area contributed by atoms with Crippen molar-refractivity contribution in [1.29, 1.82) is 0 Å². The zero-order valence-corrected chi connectivity index (χ0v) is 8.15. The lowest BCUT2D eigenvalue weighted by atomic mass is 10.3. The molecule has 0 aromatic carbocycles. The van der Waals surface area contributed by atoms with Crippen molar-refractivity contribution in [2.24, 2.45) is 5.90 Å². The molecule has 1 aromatic heterocycles. The van der Waals surface area contributed by atoms with Crippen LogP contribution in [-0.4, -0.2) is 18.1 Å². The van der Waals surface area contributed by atoms with Gasteiger partial charge < -0.3 is 4.90 Å². The SMILES string of the molecule is NOCc1ccc(N2CCCC2)nc1. The Hall–Kier alpha value is -1.13. The molecule has 0 unspecified atom stereocenters. The zero-order chi connectivity index (χ0) is 9.80. The Kier molecular flexibility index (Phi) is 2.96. The fraction of sp³-hybridized carbons (Fsp3) is 0.500. The van der Waals surface area contributed by atoms with Crippen molar-refractivity contribution in [3.8, 4) is 0 Å². The normalized spacial score (nSPS) is 16.2. The fourth-order valence-electron chi connectivity index (χ4n) is 1.73. The maximum Gasteiger partial charge on any atom is 0.128 e. The number of nitrogens with two attached hydrogens (primary N) is 1. The number of rotatable bonds is 3. The van der Waals surface area contributed by atoms with Crippen LogP contribution in [0.3, 0.4) is 0 Å². The maximum absolute atomic E-state index is 4.98. The van der Waals surface area contributed by atoms with E-state index in [1.165, 1.54) is 12.8 Å². The van der Waals surface area contributed by atoms with E-state index in [1.54, 1.807) is 0 Å². The number of aromatic nitrogens is 1. The molecule has 0 amide bonds. The van der Waals surface area contributed by atoms with Crippen LogP contribution in [0.2, 0.25) is 0 Å². The van der Waals surface area contributed by atoms with Crippen molar-refractivity contribution in [1.82, 2.24) is 4.98 Å². The Balaban J connectivity index is 2.05. The van der Waals surface area contributed by atoms with Crippen LogP contribution in [-0.2, 0) is 11.4 Å². The van der Waals surface area contributed by atoms with Crippen molar-refractivity contribution < 1.29 is 4.84 Å². The molecular weight excluding hydrogens is 178 g/mol. The van der Waals surface area contributed by atoms with Crippen LogP contribution in [0.5, 0.6) is 0 Å². The molecule has 0 aliphatic carbocycles. The quantitative estimate of drug-likeness (QED) is 0.730. The van der Waals surface area contributed by atoms with Gasteiger partial charge in [0.1, 0.15) is 5.82 Å². The summed E-state index contributed by atoms with van der Waals surface area (Å²) in [6.07, 6.45) is 4.37. The minimum atomic E-state index is 0.424. The summed E-state index contributed by atoms with van der Waals surface area (Å²) in [5, 5.41) is 0. The van der Waals surface area contributed by atoms with Gasteiger partial charge in [-0.2, -0.15) is 0 Å². The molecule has 76 valence electrons. The topological polar surface area (TPSA) is 51.4 Å². The highest BCUT2D eigenvalue weighted by atomic mass is 16.6. The van der Waals surface area contributed by atoms with E-state index in [-0.39, 0.29) is 0 Å². The van der Waals surface area contributed by atoms with Gasteiger partial charge in [-0.25, -0.2) is 10.9 Å². The summed E-state index contributed by atoms with van der Waals surface area (Å²) in [7, 11) is 0. The monoisotopic (exact) mass is 193 g/mol. The van der Waals surface area contributed by atoms with Crippen molar-refractivity contribution in [2.75, 3.05) is 18.0 Å². The summed E-state index contributed by atoms with van der Waals surface area (Å²) in [4.78, 5) is 11.2. The molecule has 0 bridgehead atoms. The van der Waals surface area contributed by atoms with Crippen molar-refractivity contribution in [3.05, 3.63) is 23.9 Å². The van der Waals surface area contributed by atoms with Crippen molar-refractivity contribution in [2.45, 2.75) is 19.4 Å². The van der Waals surface area contributed by atoms with Gasteiger partial charge in [-0.3, -0.25) is 4.84 Å². The zero-order valence-electron chi connectivity index (χ0n) is 8.15. The van der Waals surface area contributed by atoms with Gasteiger partial charge in [0.15, 0.2) is 0 Å². The van der Waals surface area contributed by atoms with Crippen LogP contribution in [0, 0.1) is 0 Å². The molecule has 0 atom stereocenters. The van der Waals surface area contributed by atoms with Crippen LogP contribution in [0.25, 0.3) is 0 Å². The van der Waals surface area contributed by atoms with Crippen molar-refractivity contribution in [3.63, 3.8) is 0 Å². The third-order valence-corrected chi connectivity index (χ3v) is 2.49. The molecule has 1 saturated heterocycles. The summed E-state index contributed by atoms with van der Waals surface area (Å²) in [5.41, 5.74) is 1.01. The highest BCUT2D eigenvalue weighted by Gasteiger charge is 2.12. The molecule has 1 fully saturated rings. The average molecular weight is 193 g/mol. The van der Waals surface area contributed by atoms with E-state index in [0.29, 0.717) is 6.61 Å². The van der Waals surface area contributed by atoms with Crippen LogP contribution in [0.4, 0.5) is 5.82 Å². The Morgan fingerprint density at radius 2 is 2.14 bits per heavy atom. The predicted octanol–water partition coefficient (Wildman–Crippen LogP) is 1.07. The van der Waals surface area contributed by atoms with Gasteiger partial charge in [-0.05, 0) is 24.5 Å². The van der Waals surface area contributed by atoms with Crippen LogP contribution in [0.1, 0.15) is 18.4 Å². The Labute approximate surface area is 83.6 Å². The van der Waals surface area contributed by atoms with E-state index < -0.39 is 0 Å². The van der Waals surface area contributed by atoms with E-state index in [0.717, 1.165) is 24.5 Å². The summed E-state index contributed by atoms with van der Waals surface area (Å²) in [5.74, 6) is 6.04. The Bertz CT molecular complexity index is 280. The van der Waals surface area contributed by atoms with Gasteiger partial charge in [0, 0.05) is 19.3 Å². The maximum atomic E-state index is 4.98. The summed E-state index contributed by atoms with van der Waals surface area (Å²) in [6.45, 7) is 2.67. The number of hydrogen-bond acceptors (Lipinski definition) is 4. The second kappa shape index (κ2) is 4.39. The predicted molar refractivity (Wildman–Crippen MR) is 54.7 cm³/mol. The molecule has 1 aliphatic rings. The molecule has 4 heteroatoms. The average Bonchev–Trinajstić information content (AvgIpc) is 2.72. The summed E-state index contributed by atoms with van der Waals surface area (Å²) in [6, 6.07) is 4.03. The lowest BCUT2D eigenvalue weighted by Crippen LogP contribution is -2.18. The minimum absolute atomic E-state index is 0.424. The largest absolute Gasteiger partial charge is 0.357 e.